The van der Waals surface area contributed by atoms with Gasteiger partial charge in [0.05, 0.1) is 12.1 Å². The van der Waals surface area contributed by atoms with Gasteiger partial charge >= 0.3 is 18.2 Å². The number of nitrogens with zero attached hydrogens (tertiary/aromatic N) is 6. The quantitative estimate of drug-likeness (QED) is 0.203. The number of alkyl halides is 3. The topological polar surface area (TPSA) is 125 Å². The van der Waals surface area contributed by atoms with Gasteiger partial charge < -0.3 is 24.4 Å². The Morgan fingerprint density at radius 1 is 1.04 bits per heavy atom. The van der Waals surface area contributed by atoms with Crippen molar-refractivity contribution in [1.29, 1.82) is 0 Å². The molecule has 6 rings (SSSR count). The third kappa shape index (κ3) is 8.62. The second-order valence-corrected chi connectivity index (χ2v) is 14.1. The molecule has 2 amide bonds. The number of rotatable bonds is 11. The van der Waals surface area contributed by atoms with Crippen molar-refractivity contribution in [3.8, 4) is 21.7 Å². The highest BCUT2D eigenvalue weighted by molar-refractivity contribution is 7.13. The van der Waals surface area contributed by atoms with Crippen molar-refractivity contribution in [1.82, 2.24) is 34.6 Å². The molecule has 0 saturated carbocycles. The van der Waals surface area contributed by atoms with Gasteiger partial charge in [-0.3, -0.25) is 15.0 Å². The Balaban J connectivity index is 1.34. The van der Waals surface area contributed by atoms with Crippen molar-refractivity contribution in [3.63, 3.8) is 0 Å². The summed E-state index contributed by atoms with van der Waals surface area (Å²) in [7, 11) is 2.15. The van der Waals surface area contributed by atoms with E-state index in [1.807, 2.05) is 4.57 Å². The molecule has 2 saturated heterocycles. The summed E-state index contributed by atoms with van der Waals surface area (Å²) in [6, 6.07) is 6.12. The molecule has 0 bridgehead atoms. The summed E-state index contributed by atoms with van der Waals surface area (Å²) in [5.41, 5.74) is 0.130. The van der Waals surface area contributed by atoms with Gasteiger partial charge in [-0.1, -0.05) is 6.07 Å². The predicted molar refractivity (Wildman–Crippen MR) is 195 cm³/mol. The Bertz CT molecular complexity index is 1980. The second kappa shape index (κ2) is 16.1. The van der Waals surface area contributed by atoms with E-state index in [0.717, 1.165) is 75.5 Å². The molecular formula is C36H43F3N8O4S. The minimum Gasteiger partial charge on any atom is -0.462 e. The Morgan fingerprint density at radius 2 is 1.81 bits per heavy atom. The van der Waals surface area contributed by atoms with Crippen molar-refractivity contribution in [2.24, 2.45) is 5.92 Å². The lowest BCUT2D eigenvalue weighted by atomic mass is 9.99. The summed E-state index contributed by atoms with van der Waals surface area (Å²) >= 11 is 0.804. The average molecular weight is 741 g/mol. The molecule has 12 nitrogen and oxygen atoms in total. The van der Waals surface area contributed by atoms with Gasteiger partial charge in [-0.15, -0.1) is 11.3 Å². The lowest BCUT2D eigenvalue weighted by molar-refractivity contribution is -0.140. The van der Waals surface area contributed by atoms with E-state index in [0.29, 0.717) is 35.7 Å². The van der Waals surface area contributed by atoms with E-state index in [4.69, 9.17) is 4.74 Å². The van der Waals surface area contributed by atoms with E-state index in [2.05, 4.69) is 42.3 Å². The molecule has 2 fully saturated rings. The van der Waals surface area contributed by atoms with Crippen molar-refractivity contribution in [2.75, 3.05) is 77.9 Å². The molecule has 4 aromatic rings. The standard InChI is InChI=1S/C36H43F3N8O4S/c1-4-40-35(50)43-31-17-25(33-42-30(22-52-33)36(37,38)39)27(18-41-31)24-6-7-29-26(16-24)32(48)28(34(49)51-5-2)21-47(29)20-23-8-9-46(19-23)15-14-45-12-10-44(3)11-13-45/h6-7,16-18,21-23H,4-5,8-15,19-20H2,1-3H3,(H2,40,41,43,50)/t23-/m0/s1. The first-order chi connectivity index (χ1) is 24.9. The summed E-state index contributed by atoms with van der Waals surface area (Å²) in [5, 5.41) is 6.43. The van der Waals surface area contributed by atoms with Gasteiger partial charge in [-0.25, -0.2) is 19.6 Å². The lowest BCUT2D eigenvalue weighted by Gasteiger charge is -2.33. The molecule has 2 aliphatic rings. The molecule has 16 heteroatoms. The fourth-order valence-electron chi connectivity index (χ4n) is 6.75. The third-order valence-electron chi connectivity index (χ3n) is 9.55. The zero-order chi connectivity index (χ0) is 37.0. The van der Waals surface area contributed by atoms with Crippen LogP contribution in [0.25, 0.3) is 32.6 Å². The number of pyridine rings is 2. The Hall–Kier alpha value is -4.38. The zero-order valence-electron chi connectivity index (χ0n) is 29.5. The molecule has 2 N–H and O–H groups in total. The van der Waals surface area contributed by atoms with Crippen LogP contribution < -0.4 is 16.1 Å². The van der Waals surface area contributed by atoms with Crippen LogP contribution in [0, 0.1) is 5.92 Å². The highest BCUT2D eigenvalue weighted by Crippen LogP contribution is 2.39. The molecule has 52 heavy (non-hydrogen) atoms. The van der Waals surface area contributed by atoms with Crippen LogP contribution in [0.3, 0.4) is 0 Å². The molecule has 5 heterocycles. The maximum absolute atomic E-state index is 13.9. The first kappa shape index (κ1) is 37.4. The molecule has 0 aliphatic carbocycles. The number of ether oxygens (including phenoxy) is 1. The maximum Gasteiger partial charge on any atom is 0.434 e. The number of urea groups is 1. The van der Waals surface area contributed by atoms with Gasteiger partial charge in [0.15, 0.2) is 5.69 Å². The van der Waals surface area contributed by atoms with E-state index in [1.54, 1.807) is 38.2 Å². The fourth-order valence-corrected chi connectivity index (χ4v) is 7.60. The summed E-state index contributed by atoms with van der Waals surface area (Å²) < 4.78 is 47.9. The minimum absolute atomic E-state index is 0.0554. The number of carbonyl (C=O) groups is 2. The highest BCUT2D eigenvalue weighted by Gasteiger charge is 2.34. The Morgan fingerprint density at radius 3 is 2.52 bits per heavy atom. The normalized spacial score (nSPS) is 17.5. The number of esters is 1. The molecule has 0 spiro atoms. The zero-order valence-corrected chi connectivity index (χ0v) is 30.3. The lowest BCUT2D eigenvalue weighted by Crippen LogP contribution is -2.46. The summed E-state index contributed by atoms with van der Waals surface area (Å²) in [5.74, 6) is -0.323. The van der Waals surface area contributed by atoms with Crippen LogP contribution in [0.4, 0.5) is 23.8 Å². The smallest absolute Gasteiger partial charge is 0.434 e. The van der Waals surface area contributed by atoms with Crippen LogP contribution >= 0.6 is 11.3 Å². The number of likely N-dealkylation sites (tertiary alicyclic amines) is 1. The van der Waals surface area contributed by atoms with Crippen LogP contribution in [0.5, 0.6) is 0 Å². The number of hydrogen-bond donors (Lipinski definition) is 2. The number of piperazine rings is 1. The maximum atomic E-state index is 13.9. The number of benzene rings is 1. The molecule has 1 aromatic carbocycles. The van der Waals surface area contributed by atoms with Gasteiger partial charge in [0.1, 0.15) is 16.4 Å². The van der Waals surface area contributed by atoms with E-state index >= 15 is 0 Å². The number of halogens is 3. The first-order valence-corrected chi connectivity index (χ1v) is 18.4. The van der Waals surface area contributed by atoms with E-state index in [1.165, 1.54) is 12.3 Å². The Kier molecular flexibility index (Phi) is 11.6. The second-order valence-electron chi connectivity index (χ2n) is 13.2. The van der Waals surface area contributed by atoms with E-state index in [9.17, 15) is 27.6 Å². The van der Waals surface area contributed by atoms with Crippen LogP contribution in [0.15, 0.2) is 46.8 Å². The largest absolute Gasteiger partial charge is 0.462 e. The minimum atomic E-state index is -4.65. The van der Waals surface area contributed by atoms with Crippen LogP contribution in [-0.4, -0.2) is 114 Å². The highest BCUT2D eigenvalue weighted by atomic mass is 32.1. The van der Waals surface area contributed by atoms with Crippen LogP contribution in [0.2, 0.25) is 0 Å². The third-order valence-corrected chi connectivity index (χ3v) is 10.4. The predicted octanol–water partition coefficient (Wildman–Crippen LogP) is 5.09. The molecular weight excluding hydrogens is 698 g/mol. The molecule has 0 unspecified atom stereocenters. The van der Waals surface area contributed by atoms with Crippen LogP contribution in [-0.2, 0) is 17.5 Å². The number of likely N-dealkylation sites (N-methyl/N-ethyl adjacent to an activating group) is 1. The van der Waals surface area contributed by atoms with Crippen molar-refractivity contribution in [3.05, 3.63) is 63.5 Å². The number of amides is 2. The van der Waals surface area contributed by atoms with Crippen molar-refractivity contribution < 1.29 is 27.5 Å². The van der Waals surface area contributed by atoms with Crippen molar-refractivity contribution >= 4 is 40.1 Å². The molecule has 278 valence electrons. The summed E-state index contributed by atoms with van der Waals surface area (Å²) in [6.45, 7) is 12.6. The Labute approximate surface area is 303 Å². The number of fused-ring (bicyclic) bond motifs is 1. The SMILES string of the molecule is CCNC(=O)Nc1cc(-c2nc(C(F)(F)F)cs2)c(-c2ccc3c(c2)c(=O)c(C(=O)OCC)cn3C[C@H]2CCN(CCN3CCN(C)CC3)C2)cn1. The van der Waals surface area contributed by atoms with Crippen molar-refractivity contribution in [2.45, 2.75) is 33.0 Å². The summed E-state index contributed by atoms with van der Waals surface area (Å²) in [6.07, 6.45) is -0.668. The van der Waals surface area contributed by atoms with Gasteiger partial charge in [-0.2, -0.15) is 13.2 Å². The number of carbonyl (C=O) groups excluding carboxylic acids is 2. The fraction of sp³-hybridized carbons (Fsp3) is 0.472. The molecule has 2 aliphatic heterocycles. The van der Waals surface area contributed by atoms with Crippen LogP contribution in [0.1, 0.15) is 36.3 Å². The molecule has 0 radical (unpaired) electrons. The number of thiazole rings is 1. The number of nitrogens with one attached hydrogen (secondary N) is 2. The monoisotopic (exact) mass is 740 g/mol. The van der Waals surface area contributed by atoms with E-state index in [-0.39, 0.29) is 33.9 Å². The molecule has 3 aromatic heterocycles. The average Bonchev–Trinajstić information content (AvgIpc) is 3.80. The van der Waals surface area contributed by atoms with Gasteiger partial charge in [0.2, 0.25) is 5.43 Å². The molecule has 1 atom stereocenters. The van der Waals surface area contributed by atoms with Gasteiger partial charge in [0.25, 0.3) is 0 Å². The number of hydrogen-bond acceptors (Lipinski definition) is 10. The first-order valence-electron chi connectivity index (χ1n) is 17.5. The number of aromatic nitrogens is 3. The van der Waals surface area contributed by atoms with Gasteiger partial charge in [0, 0.05) is 93.2 Å². The summed E-state index contributed by atoms with van der Waals surface area (Å²) in [4.78, 5) is 54.7. The van der Waals surface area contributed by atoms with E-state index < -0.39 is 29.3 Å². The van der Waals surface area contributed by atoms with Gasteiger partial charge in [-0.05, 0) is 63.5 Å². The number of anilines is 1.